The first-order chi connectivity index (χ1) is 9.66. The van der Waals surface area contributed by atoms with Gasteiger partial charge in [-0.1, -0.05) is 41.9 Å². The van der Waals surface area contributed by atoms with Gasteiger partial charge in [-0.05, 0) is 29.8 Å². The van der Waals surface area contributed by atoms with Crippen molar-refractivity contribution >= 4 is 29.2 Å². The molecule has 3 rings (SSSR count). The van der Waals surface area contributed by atoms with Crippen LogP contribution in [0.1, 0.15) is 11.6 Å². The van der Waals surface area contributed by atoms with Crippen LogP contribution in [0.25, 0.3) is 0 Å². The number of carbonyl (C=O) groups is 2. The van der Waals surface area contributed by atoms with E-state index in [0.717, 1.165) is 0 Å². The van der Waals surface area contributed by atoms with Crippen LogP contribution in [0.2, 0.25) is 5.02 Å². The van der Waals surface area contributed by atoms with E-state index in [1.807, 2.05) is 18.2 Å². The molecule has 20 heavy (non-hydrogen) atoms. The van der Waals surface area contributed by atoms with Gasteiger partial charge in [-0.3, -0.25) is 15.0 Å². The summed E-state index contributed by atoms with van der Waals surface area (Å²) in [6, 6.07) is 14.9. The Morgan fingerprint density at radius 1 is 1.00 bits per heavy atom. The third kappa shape index (κ3) is 2.14. The van der Waals surface area contributed by atoms with Gasteiger partial charge in [0, 0.05) is 10.7 Å². The number of hydrogen-bond donors (Lipinski definition) is 1. The van der Waals surface area contributed by atoms with E-state index in [9.17, 15) is 9.59 Å². The van der Waals surface area contributed by atoms with Gasteiger partial charge in [0.15, 0.2) is 0 Å². The molecule has 1 aliphatic heterocycles. The Labute approximate surface area is 121 Å². The van der Waals surface area contributed by atoms with Crippen LogP contribution in [0, 0.1) is 0 Å². The number of urea groups is 1. The van der Waals surface area contributed by atoms with E-state index < -0.39 is 12.1 Å². The summed E-state index contributed by atoms with van der Waals surface area (Å²) >= 11 is 5.97. The number of amides is 3. The maximum absolute atomic E-state index is 12.1. The molecule has 2 aromatic rings. The van der Waals surface area contributed by atoms with Gasteiger partial charge < -0.3 is 0 Å². The monoisotopic (exact) mass is 286 g/mol. The molecule has 1 heterocycles. The molecule has 0 radical (unpaired) electrons. The van der Waals surface area contributed by atoms with Crippen molar-refractivity contribution in [3.63, 3.8) is 0 Å². The van der Waals surface area contributed by atoms with Crippen LogP contribution in [0.5, 0.6) is 0 Å². The number of anilines is 1. The number of carbonyl (C=O) groups excluding carboxylic acids is 2. The predicted octanol–water partition coefficient (Wildman–Crippen LogP) is 3.14. The molecule has 0 aliphatic carbocycles. The third-order valence-corrected chi connectivity index (χ3v) is 3.39. The maximum atomic E-state index is 12.1. The molecule has 1 unspecified atom stereocenters. The van der Waals surface area contributed by atoms with Crippen LogP contribution in [0.3, 0.4) is 0 Å². The second-order valence-corrected chi connectivity index (χ2v) is 4.89. The largest absolute Gasteiger partial charge is 0.329 e. The van der Waals surface area contributed by atoms with Crippen molar-refractivity contribution in [1.29, 1.82) is 0 Å². The van der Waals surface area contributed by atoms with E-state index in [2.05, 4.69) is 5.32 Å². The highest BCUT2D eigenvalue weighted by Gasteiger charge is 2.40. The smallest absolute Gasteiger partial charge is 0.277 e. The number of hydrogen-bond acceptors (Lipinski definition) is 2. The van der Waals surface area contributed by atoms with E-state index >= 15 is 0 Å². The van der Waals surface area contributed by atoms with Crippen molar-refractivity contribution in [2.24, 2.45) is 0 Å². The van der Waals surface area contributed by atoms with Crippen LogP contribution in [0.15, 0.2) is 54.6 Å². The quantitative estimate of drug-likeness (QED) is 0.862. The van der Waals surface area contributed by atoms with Crippen molar-refractivity contribution in [3.8, 4) is 0 Å². The predicted molar refractivity (Wildman–Crippen MR) is 76.7 cm³/mol. The first-order valence-corrected chi connectivity index (χ1v) is 6.49. The molecule has 1 atom stereocenters. The summed E-state index contributed by atoms with van der Waals surface area (Å²) in [5.74, 6) is -0.346. The molecule has 100 valence electrons. The fourth-order valence-corrected chi connectivity index (χ4v) is 2.50. The van der Waals surface area contributed by atoms with E-state index in [1.165, 1.54) is 4.90 Å². The zero-order valence-electron chi connectivity index (χ0n) is 10.4. The summed E-state index contributed by atoms with van der Waals surface area (Å²) in [5, 5.41) is 2.87. The molecule has 1 fully saturated rings. The fraction of sp³-hybridized carbons (Fsp3) is 0.0667. The highest BCUT2D eigenvalue weighted by atomic mass is 35.5. The maximum Gasteiger partial charge on any atom is 0.329 e. The summed E-state index contributed by atoms with van der Waals surface area (Å²) < 4.78 is 0. The molecule has 4 nitrogen and oxygen atoms in total. The Morgan fingerprint density at radius 3 is 2.45 bits per heavy atom. The fourth-order valence-electron chi connectivity index (χ4n) is 2.30. The van der Waals surface area contributed by atoms with Gasteiger partial charge in [-0.25, -0.2) is 4.79 Å². The minimum atomic E-state index is -0.691. The Balaban J connectivity index is 2.07. The van der Waals surface area contributed by atoms with Crippen LogP contribution in [0.4, 0.5) is 10.5 Å². The Morgan fingerprint density at radius 2 is 1.75 bits per heavy atom. The Kier molecular flexibility index (Phi) is 3.16. The van der Waals surface area contributed by atoms with E-state index in [4.69, 9.17) is 11.6 Å². The summed E-state index contributed by atoms with van der Waals surface area (Å²) in [5.41, 5.74) is 1.35. The normalized spacial score (nSPS) is 18.2. The molecular weight excluding hydrogens is 276 g/mol. The van der Waals surface area contributed by atoms with E-state index in [0.29, 0.717) is 16.3 Å². The first-order valence-electron chi connectivity index (χ1n) is 6.11. The molecule has 0 bridgehead atoms. The molecule has 2 aromatic carbocycles. The van der Waals surface area contributed by atoms with E-state index in [-0.39, 0.29) is 5.91 Å². The second-order valence-electron chi connectivity index (χ2n) is 4.46. The van der Waals surface area contributed by atoms with Crippen LogP contribution in [-0.2, 0) is 4.79 Å². The number of imide groups is 1. The van der Waals surface area contributed by atoms with Crippen molar-refractivity contribution in [3.05, 3.63) is 65.2 Å². The minimum Gasteiger partial charge on any atom is -0.277 e. The van der Waals surface area contributed by atoms with Crippen molar-refractivity contribution in [1.82, 2.24) is 5.32 Å². The molecule has 1 saturated heterocycles. The topological polar surface area (TPSA) is 49.4 Å². The van der Waals surface area contributed by atoms with Crippen LogP contribution in [-0.4, -0.2) is 11.9 Å². The number of benzene rings is 2. The highest BCUT2D eigenvalue weighted by molar-refractivity contribution is 6.30. The lowest BCUT2D eigenvalue weighted by Gasteiger charge is -2.22. The molecule has 0 spiro atoms. The summed E-state index contributed by atoms with van der Waals surface area (Å²) in [4.78, 5) is 25.5. The van der Waals surface area contributed by atoms with Crippen LogP contribution >= 0.6 is 11.6 Å². The Hall–Kier alpha value is -2.33. The SMILES string of the molecule is O=C1NC(=O)N(c2ccccc2)C1c1cccc(Cl)c1. The first kappa shape index (κ1) is 12.7. The second kappa shape index (κ2) is 4.98. The zero-order chi connectivity index (χ0) is 14.1. The molecule has 0 saturated carbocycles. The standard InChI is InChI=1S/C15H11ClN2O2/c16-11-6-4-5-10(9-11)13-14(19)17-15(20)18(13)12-7-2-1-3-8-12/h1-9,13H,(H,17,19,20). The molecule has 0 aromatic heterocycles. The lowest BCUT2D eigenvalue weighted by molar-refractivity contribution is -0.119. The molecule has 1 N–H and O–H groups in total. The Bertz CT molecular complexity index is 673. The van der Waals surface area contributed by atoms with Gasteiger partial charge in [-0.2, -0.15) is 0 Å². The summed E-state index contributed by atoms with van der Waals surface area (Å²) in [6.07, 6.45) is 0. The average Bonchev–Trinajstić information content (AvgIpc) is 2.74. The zero-order valence-corrected chi connectivity index (χ0v) is 11.2. The molecule has 5 heteroatoms. The number of rotatable bonds is 2. The number of nitrogens with zero attached hydrogens (tertiary/aromatic N) is 1. The summed E-state index contributed by atoms with van der Waals surface area (Å²) in [7, 11) is 0. The van der Waals surface area contributed by atoms with Crippen molar-refractivity contribution < 1.29 is 9.59 Å². The van der Waals surface area contributed by atoms with Crippen molar-refractivity contribution in [2.75, 3.05) is 4.90 Å². The summed E-state index contributed by atoms with van der Waals surface area (Å²) in [6.45, 7) is 0. The molecule has 1 aliphatic rings. The minimum absolute atomic E-state index is 0.346. The molecule has 3 amide bonds. The van der Waals surface area contributed by atoms with Crippen molar-refractivity contribution in [2.45, 2.75) is 6.04 Å². The van der Waals surface area contributed by atoms with Gasteiger partial charge in [-0.15, -0.1) is 0 Å². The average molecular weight is 287 g/mol. The number of halogens is 1. The third-order valence-electron chi connectivity index (χ3n) is 3.15. The van der Waals surface area contributed by atoms with Gasteiger partial charge in [0.25, 0.3) is 5.91 Å². The lowest BCUT2D eigenvalue weighted by Crippen LogP contribution is -2.29. The van der Waals surface area contributed by atoms with Gasteiger partial charge in [0.1, 0.15) is 6.04 Å². The van der Waals surface area contributed by atoms with Gasteiger partial charge in [0.2, 0.25) is 0 Å². The van der Waals surface area contributed by atoms with Gasteiger partial charge >= 0.3 is 6.03 Å². The number of nitrogens with one attached hydrogen (secondary N) is 1. The lowest BCUT2D eigenvalue weighted by atomic mass is 10.1. The molecular formula is C15H11ClN2O2. The highest BCUT2D eigenvalue weighted by Crippen LogP contribution is 2.32. The van der Waals surface area contributed by atoms with Gasteiger partial charge in [0.05, 0.1) is 0 Å². The van der Waals surface area contributed by atoms with Crippen LogP contribution < -0.4 is 10.2 Å². The number of para-hydroxylation sites is 1. The van der Waals surface area contributed by atoms with E-state index in [1.54, 1.807) is 36.4 Å².